The SMILES string of the molecule is Cc1ccc(CNC(=O)C2CCN(S(=O)(=O)c3ccc4c(c3)OCC(=O)N4)CC2)cc1. The molecule has 2 aliphatic rings. The van der Waals surface area contributed by atoms with Crippen molar-refractivity contribution in [2.75, 3.05) is 25.0 Å². The number of carbonyl (C=O) groups is 2. The number of amides is 2. The first kappa shape index (κ1) is 21.3. The number of nitrogens with zero attached hydrogens (tertiary/aromatic N) is 1. The lowest BCUT2D eigenvalue weighted by Gasteiger charge is -2.31. The number of benzene rings is 2. The Labute approximate surface area is 181 Å². The highest BCUT2D eigenvalue weighted by atomic mass is 32.2. The third kappa shape index (κ3) is 4.72. The molecule has 0 aliphatic carbocycles. The molecule has 2 amide bonds. The van der Waals surface area contributed by atoms with Gasteiger partial charge in [0.1, 0.15) is 5.75 Å². The summed E-state index contributed by atoms with van der Waals surface area (Å²) >= 11 is 0. The molecule has 0 unspecified atom stereocenters. The average molecular weight is 444 g/mol. The van der Waals surface area contributed by atoms with Crippen molar-refractivity contribution in [2.45, 2.75) is 31.2 Å². The Kier molecular flexibility index (Phi) is 5.97. The van der Waals surface area contributed by atoms with Crippen LogP contribution >= 0.6 is 0 Å². The maximum absolute atomic E-state index is 13.0. The highest BCUT2D eigenvalue weighted by molar-refractivity contribution is 7.89. The van der Waals surface area contributed by atoms with Crippen molar-refractivity contribution in [1.29, 1.82) is 0 Å². The molecule has 8 nitrogen and oxygen atoms in total. The van der Waals surface area contributed by atoms with Crippen molar-refractivity contribution >= 4 is 27.5 Å². The van der Waals surface area contributed by atoms with Gasteiger partial charge in [-0.25, -0.2) is 8.42 Å². The topological polar surface area (TPSA) is 105 Å². The summed E-state index contributed by atoms with van der Waals surface area (Å²) in [4.78, 5) is 24.0. The second-order valence-corrected chi connectivity index (χ2v) is 9.81. The molecule has 0 saturated carbocycles. The maximum atomic E-state index is 13.0. The minimum atomic E-state index is -3.71. The summed E-state index contributed by atoms with van der Waals surface area (Å²) in [5.74, 6) is -0.189. The van der Waals surface area contributed by atoms with Gasteiger partial charge in [-0.3, -0.25) is 9.59 Å². The molecular formula is C22H25N3O5S. The second-order valence-electron chi connectivity index (χ2n) is 7.88. The van der Waals surface area contributed by atoms with Crippen molar-refractivity contribution in [2.24, 2.45) is 5.92 Å². The van der Waals surface area contributed by atoms with Gasteiger partial charge in [-0.05, 0) is 37.5 Å². The maximum Gasteiger partial charge on any atom is 0.262 e. The summed E-state index contributed by atoms with van der Waals surface area (Å²) in [6.07, 6.45) is 0.937. The molecule has 2 heterocycles. The Bertz CT molecular complexity index is 1090. The molecule has 4 rings (SSSR count). The predicted octanol–water partition coefficient (Wildman–Crippen LogP) is 2.04. The van der Waals surface area contributed by atoms with E-state index < -0.39 is 10.0 Å². The van der Waals surface area contributed by atoms with Crippen LogP contribution in [0.25, 0.3) is 0 Å². The molecule has 164 valence electrons. The number of ether oxygens (including phenoxy) is 1. The number of anilines is 1. The fourth-order valence-corrected chi connectivity index (χ4v) is 5.25. The summed E-state index contributed by atoms with van der Waals surface area (Å²) in [6, 6.07) is 12.4. The third-order valence-corrected chi connectivity index (χ3v) is 7.53. The Balaban J connectivity index is 1.35. The zero-order valence-electron chi connectivity index (χ0n) is 17.3. The Morgan fingerprint density at radius 2 is 1.87 bits per heavy atom. The van der Waals surface area contributed by atoms with E-state index in [-0.39, 0.29) is 42.3 Å². The molecule has 0 spiro atoms. The van der Waals surface area contributed by atoms with Gasteiger partial charge in [0.05, 0.1) is 10.6 Å². The van der Waals surface area contributed by atoms with E-state index in [1.54, 1.807) is 0 Å². The lowest BCUT2D eigenvalue weighted by Crippen LogP contribution is -2.42. The molecule has 2 aliphatic heterocycles. The molecule has 9 heteroatoms. The molecule has 2 N–H and O–H groups in total. The van der Waals surface area contributed by atoms with Gasteiger partial charge in [0.2, 0.25) is 15.9 Å². The van der Waals surface area contributed by atoms with Crippen molar-refractivity contribution in [3.05, 3.63) is 53.6 Å². The van der Waals surface area contributed by atoms with Crippen LogP contribution in [0.2, 0.25) is 0 Å². The second kappa shape index (κ2) is 8.68. The van der Waals surface area contributed by atoms with Crippen LogP contribution in [0.5, 0.6) is 5.75 Å². The van der Waals surface area contributed by atoms with Crippen LogP contribution in [0.3, 0.4) is 0 Å². The zero-order chi connectivity index (χ0) is 22.0. The van der Waals surface area contributed by atoms with E-state index in [9.17, 15) is 18.0 Å². The van der Waals surface area contributed by atoms with E-state index in [4.69, 9.17) is 4.74 Å². The first-order chi connectivity index (χ1) is 14.8. The van der Waals surface area contributed by atoms with Gasteiger partial charge in [0.15, 0.2) is 6.61 Å². The molecule has 0 atom stereocenters. The molecule has 31 heavy (non-hydrogen) atoms. The molecule has 1 saturated heterocycles. The fourth-order valence-electron chi connectivity index (χ4n) is 3.76. The van der Waals surface area contributed by atoms with Crippen LogP contribution in [0.15, 0.2) is 47.4 Å². The van der Waals surface area contributed by atoms with Crippen molar-refractivity contribution in [1.82, 2.24) is 9.62 Å². The van der Waals surface area contributed by atoms with Gasteiger partial charge in [-0.2, -0.15) is 4.31 Å². The van der Waals surface area contributed by atoms with E-state index in [1.807, 2.05) is 31.2 Å². The smallest absolute Gasteiger partial charge is 0.262 e. The number of hydrogen-bond acceptors (Lipinski definition) is 5. The third-order valence-electron chi connectivity index (χ3n) is 5.64. The van der Waals surface area contributed by atoms with Gasteiger partial charge < -0.3 is 15.4 Å². The zero-order valence-corrected chi connectivity index (χ0v) is 18.1. The summed E-state index contributed by atoms with van der Waals surface area (Å²) in [6.45, 7) is 2.89. The van der Waals surface area contributed by atoms with Gasteiger partial charge in [-0.15, -0.1) is 0 Å². The van der Waals surface area contributed by atoms with Crippen LogP contribution in [0.1, 0.15) is 24.0 Å². The minimum Gasteiger partial charge on any atom is -0.482 e. The molecule has 1 fully saturated rings. The number of rotatable bonds is 5. The van der Waals surface area contributed by atoms with E-state index in [0.29, 0.717) is 30.8 Å². The number of nitrogens with one attached hydrogen (secondary N) is 2. The Morgan fingerprint density at radius 3 is 2.58 bits per heavy atom. The van der Waals surface area contributed by atoms with E-state index in [2.05, 4.69) is 10.6 Å². The van der Waals surface area contributed by atoms with Gasteiger partial charge >= 0.3 is 0 Å². The number of carbonyl (C=O) groups excluding carboxylic acids is 2. The summed E-state index contributed by atoms with van der Waals surface area (Å²) in [5, 5.41) is 5.60. The highest BCUT2D eigenvalue weighted by Crippen LogP contribution is 2.32. The van der Waals surface area contributed by atoms with Crippen LogP contribution < -0.4 is 15.4 Å². The van der Waals surface area contributed by atoms with Gasteiger partial charge in [0.25, 0.3) is 5.91 Å². The summed E-state index contributed by atoms with van der Waals surface area (Å²) in [5.41, 5.74) is 2.66. The molecule has 0 aromatic heterocycles. The minimum absolute atomic E-state index is 0.0458. The molecule has 2 aromatic carbocycles. The van der Waals surface area contributed by atoms with Crippen LogP contribution in [0, 0.1) is 12.8 Å². The van der Waals surface area contributed by atoms with E-state index in [1.165, 1.54) is 28.1 Å². The molecular weight excluding hydrogens is 418 g/mol. The van der Waals surface area contributed by atoms with Crippen LogP contribution in [0.4, 0.5) is 5.69 Å². The number of piperidine rings is 1. The van der Waals surface area contributed by atoms with Gasteiger partial charge in [0, 0.05) is 31.6 Å². The van der Waals surface area contributed by atoms with Crippen molar-refractivity contribution in [3.8, 4) is 5.75 Å². The summed E-state index contributed by atoms with van der Waals surface area (Å²) < 4.78 is 32.8. The Morgan fingerprint density at radius 1 is 1.16 bits per heavy atom. The molecule has 0 radical (unpaired) electrons. The lowest BCUT2D eigenvalue weighted by molar-refractivity contribution is -0.126. The largest absolute Gasteiger partial charge is 0.482 e. The number of hydrogen-bond donors (Lipinski definition) is 2. The van der Waals surface area contributed by atoms with Crippen LogP contribution in [-0.4, -0.2) is 44.2 Å². The fraction of sp³-hybridized carbons (Fsp3) is 0.364. The number of aryl methyl sites for hydroxylation is 1. The van der Waals surface area contributed by atoms with Gasteiger partial charge in [-0.1, -0.05) is 29.8 Å². The monoisotopic (exact) mass is 443 g/mol. The van der Waals surface area contributed by atoms with Crippen molar-refractivity contribution < 1.29 is 22.7 Å². The first-order valence-electron chi connectivity index (χ1n) is 10.2. The number of sulfonamides is 1. The lowest BCUT2D eigenvalue weighted by atomic mass is 9.97. The van der Waals surface area contributed by atoms with E-state index >= 15 is 0 Å². The molecule has 2 aromatic rings. The van der Waals surface area contributed by atoms with Crippen molar-refractivity contribution in [3.63, 3.8) is 0 Å². The first-order valence-corrected chi connectivity index (χ1v) is 11.7. The quantitative estimate of drug-likeness (QED) is 0.736. The van der Waals surface area contributed by atoms with Crippen LogP contribution in [-0.2, 0) is 26.2 Å². The number of fused-ring (bicyclic) bond motifs is 1. The average Bonchev–Trinajstić information content (AvgIpc) is 2.78. The highest BCUT2D eigenvalue weighted by Gasteiger charge is 2.32. The van der Waals surface area contributed by atoms with E-state index in [0.717, 1.165) is 5.56 Å². The predicted molar refractivity (Wildman–Crippen MR) is 115 cm³/mol. The summed E-state index contributed by atoms with van der Waals surface area (Å²) in [7, 11) is -3.71. The standard InChI is InChI=1S/C22H25N3O5S/c1-15-2-4-16(5-3-15)13-23-22(27)17-8-10-25(11-9-17)31(28,29)18-6-7-19-20(12-18)30-14-21(26)24-19/h2-7,12,17H,8-11,13-14H2,1H3,(H,23,27)(H,24,26). The normalized spacial score (nSPS) is 17.4. The molecule has 0 bridgehead atoms. The Hall–Kier alpha value is -2.91.